The second-order valence-electron chi connectivity index (χ2n) is 5.03. The number of unbranched alkanes of at least 4 members (excludes halogenated alkanes) is 1. The third kappa shape index (κ3) is 10.1. The maximum absolute atomic E-state index is 10.4. The topological polar surface area (TPSA) is 83.8 Å². The van der Waals surface area contributed by atoms with Crippen LogP contribution in [0.2, 0.25) is 0 Å². The highest BCUT2D eigenvalue weighted by atomic mass is 16.5. The second kappa shape index (κ2) is 12.3. The van der Waals surface area contributed by atoms with Gasteiger partial charge in [0.05, 0.1) is 13.0 Å². The zero-order chi connectivity index (χ0) is 17.7. The Balaban J connectivity index is 0.000000438. The van der Waals surface area contributed by atoms with Gasteiger partial charge in [-0.2, -0.15) is 0 Å². The van der Waals surface area contributed by atoms with E-state index < -0.39 is 11.9 Å². The fourth-order valence-electron chi connectivity index (χ4n) is 1.84. The van der Waals surface area contributed by atoms with E-state index in [-0.39, 0.29) is 5.92 Å². The van der Waals surface area contributed by atoms with E-state index in [0.717, 1.165) is 43.1 Å². The van der Waals surface area contributed by atoms with Crippen LogP contribution >= 0.6 is 0 Å². The fourth-order valence-corrected chi connectivity index (χ4v) is 1.84. The minimum atomic E-state index is -0.948. The molecule has 0 heterocycles. The first-order valence-corrected chi connectivity index (χ1v) is 7.72. The maximum atomic E-state index is 10.4. The summed E-state index contributed by atoms with van der Waals surface area (Å²) in [5.74, 6) is -0.945. The summed E-state index contributed by atoms with van der Waals surface area (Å²) < 4.78 is 4.95. The highest BCUT2D eigenvalue weighted by Gasteiger charge is 2.12. The molecule has 0 spiro atoms. The van der Waals surface area contributed by atoms with E-state index in [4.69, 9.17) is 14.9 Å². The lowest BCUT2D eigenvalue weighted by molar-refractivity contribution is -0.142. The van der Waals surface area contributed by atoms with E-state index in [1.807, 2.05) is 6.92 Å². The number of aliphatic carboxylic acids is 2. The number of carboxylic acids is 2. The van der Waals surface area contributed by atoms with Gasteiger partial charge >= 0.3 is 11.9 Å². The van der Waals surface area contributed by atoms with E-state index in [1.165, 1.54) is 6.08 Å². The highest BCUT2D eigenvalue weighted by molar-refractivity contribution is 5.85. The van der Waals surface area contributed by atoms with Crippen molar-refractivity contribution in [2.24, 2.45) is 5.92 Å². The van der Waals surface area contributed by atoms with Gasteiger partial charge in [0.15, 0.2) is 0 Å². The van der Waals surface area contributed by atoms with Crippen LogP contribution in [0.25, 0.3) is 6.08 Å². The van der Waals surface area contributed by atoms with Crippen LogP contribution < -0.4 is 4.74 Å². The molecule has 0 radical (unpaired) electrons. The van der Waals surface area contributed by atoms with Crippen LogP contribution in [-0.2, 0) is 9.59 Å². The van der Waals surface area contributed by atoms with Crippen LogP contribution in [0.1, 0.15) is 45.1 Å². The lowest BCUT2D eigenvalue weighted by Gasteiger charge is -2.06. The Labute approximate surface area is 137 Å². The van der Waals surface area contributed by atoms with Crippen LogP contribution in [0.5, 0.6) is 5.75 Å². The predicted octanol–water partition coefficient (Wildman–Crippen LogP) is 4.08. The van der Waals surface area contributed by atoms with Gasteiger partial charge in [-0.15, -0.1) is 0 Å². The van der Waals surface area contributed by atoms with E-state index in [9.17, 15) is 9.59 Å². The Bertz CT molecular complexity index is 491. The first-order chi connectivity index (χ1) is 10.9. The van der Waals surface area contributed by atoms with Gasteiger partial charge in [-0.3, -0.25) is 4.79 Å². The Hall–Kier alpha value is -2.30. The normalized spacial score (nSPS) is 11.4. The Morgan fingerprint density at radius 2 is 1.78 bits per heavy atom. The zero-order valence-corrected chi connectivity index (χ0v) is 14.0. The van der Waals surface area contributed by atoms with E-state index >= 15 is 0 Å². The molecule has 5 heteroatoms. The number of hydrogen-bond acceptors (Lipinski definition) is 3. The summed E-state index contributed by atoms with van der Waals surface area (Å²) in [5, 5.41) is 17.0. The first-order valence-electron chi connectivity index (χ1n) is 7.72. The Morgan fingerprint density at radius 3 is 2.17 bits per heavy atom. The van der Waals surface area contributed by atoms with E-state index in [2.05, 4.69) is 6.92 Å². The number of methoxy groups -OCH3 is 1. The molecule has 5 nitrogen and oxygen atoms in total. The number of carbonyl (C=O) groups is 2. The molecule has 1 aromatic carbocycles. The van der Waals surface area contributed by atoms with Gasteiger partial charge in [0.1, 0.15) is 5.75 Å². The van der Waals surface area contributed by atoms with E-state index in [1.54, 1.807) is 31.4 Å². The molecule has 1 unspecified atom stereocenters. The Morgan fingerprint density at radius 1 is 1.17 bits per heavy atom. The molecule has 0 fully saturated rings. The van der Waals surface area contributed by atoms with Crippen LogP contribution in [0.15, 0.2) is 30.3 Å². The Kier molecular flexibility index (Phi) is 11.0. The van der Waals surface area contributed by atoms with Crippen molar-refractivity contribution in [2.75, 3.05) is 7.11 Å². The van der Waals surface area contributed by atoms with Crippen molar-refractivity contribution >= 4 is 18.0 Å². The molecule has 0 saturated heterocycles. The summed E-state index contributed by atoms with van der Waals surface area (Å²) in [6.07, 6.45) is 6.34. The van der Waals surface area contributed by atoms with Crippen molar-refractivity contribution in [3.05, 3.63) is 35.9 Å². The van der Waals surface area contributed by atoms with Crippen molar-refractivity contribution in [1.29, 1.82) is 0 Å². The minimum Gasteiger partial charge on any atom is -0.497 e. The quantitative estimate of drug-likeness (QED) is 0.705. The smallest absolute Gasteiger partial charge is 0.328 e. The van der Waals surface area contributed by atoms with Gasteiger partial charge in [0.25, 0.3) is 0 Å². The van der Waals surface area contributed by atoms with Gasteiger partial charge in [-0.05, 0) is 36.6 Å². The van der Waals surface area contributed by atoms with Crippen LogP contribution in [-0.4, -0.2) is 29.3 Å². The summed E-state index contributed by atoms with van der Waals surface area (Å²) >= 11 is 0. The molecule has 0 amide bonds. The summed E-state index contributed by atoms with van der Waals surface area (Å²) in [7, 11) is 1.59. The first kappa shape index (κ1) is 20.7. The molecule has 2 N–H and O–H groups in total. The molecule has 128 valence electrons. The summed E-state index contributed by atoms with van der Waals surface area (Å²) in [4.78, 5) is 20.6. The average molecular weight is 322 g/mol. The summed E-state index contributed by atoms with van der Waals surface area (Å²) in [5.41, 5.74) is 0.836. The van der Waals surface area contributed by atoms with Crippen molar-refractivity contribution < 1.29 is 24.5 Å². The van der Waals surface area contributed by atoms with Gasteiger partial charge in [-0.1, -0.05) is 38.8 Å². The molecule has 0 aromatic heterocycles. The van der Waals surface area contributed by atoms with Crippen LogP contribution in [0.4, 0.5) is 0 Å². The molecule has 1 atom stereocenters. The monoisotopic (exact) mass is 322 g/mol. The van der Waals surface area contributed by atoms with Gasteiger partial charge in [0.2, 0.25) is 0 Å². The predicted molar refractivity (Wildman–Crippen MR) is 90.6 cm³/mol. The van der Waals surface area contributed by atoms with Crippen molar-refractivity contribution in [3.8, 4) is 5.75 Å². The van der Waals surface area contributed by atoms with Gasteiger partial charge in [-0.25, -0.2) is 4.79 Å². The molecule has 0 aliphatic rings. The lowest BCUT2D eigenvalue weighted by Crippen LogP contribution is -2.11. The third-order valence-corrected chi connectivity index (χ3v) is 3.28. The average Bonchev–Trinajstić information content (AvgIpc) is 2.54. The fraction of sp³-hybridized carbons (Fsp3) is 0.444. The maximum Gasteiger partial charge on any atom is 0.328 e. The molecule has 1 rings (SSSR count). The minimum absolute atomic E-state index is 0.111. The molecule has 0 bridgehead atoms. The number of ether oxygens (including phenoxy) is 1. The van der Waals surface area contributed by atoms with Crippen molar-refractivity contribution in [2.45, 2.75) is 39.5 Å². The third-order valence-electron chi connectivity index (χ3n) is 3.28. The summed E-state index contributed by atoms with van der Waals surface area (Å²) in [6.45, 7) is 4.00. The zero-order valence-electron chi connectivity index (χ0n) is 14.0. The molecule has 23 heavy (non-hydrogen) atoms. The SMILES string of the molecule is CCCCC(CC)C(=O)O.COc1ccc(C=CC(=O)O)cc1. The highest BCUT2D eigenvalue weighted by Crippen LogP contribution is 2.12. The summed E-state index contributed by atoms with van der Waals surface area (Å²) in [6, 6.07) is 7.14. The van der Waals surface area contributed by atoms with Crippen molar-refractivity contribution in [3.63, 3.8) is 0 Å². The van der Waals surface area contributed by atoms with Gasteiger partial charge in [0, 0.05) is 6.08 Å². The lowest BCUT2D eigenvalue weighted by atomic mass is 10.00. The largest absolute Gasteiger partial charge is 0.497 e. The number of carboxylic acid groups (broad SMARTS) is 2. The van der Waals surface area contributed by atoms with Crippen molar-refractivity contribution in [1.82, 2.24) is 0 Å². The molecule has 0 aliphatic carbocycles. The molecule has 0 aliphatic heterocycles. The molecular weight excluding hydrogens is 296 g/mol. The van der Waals surface area contributed by atoms with E-state index in [0.29, 0.717) is 0 Å². The second-order valence-corrected chi connectivity index (χ2v) is 5.03. The van der Waals surface area contributed by atoms with Gasteiger partial charge < -0.3 is 14.9 Å². The molecular formula is C18H26O5. The standard InChI is InChI=1S/C10H10O3.C8H16O2/c1-13-9-5-2-8(3-6-9)4-7-10(11)12;1-3-5-6-7(4-2)8(9)10/h2-7H,1H3,(H,11,12);7H,3-6H2,1-2H3,(H,9,10). The number of hydrogen-bond donors (Lipinski definition) is 2. The number of benzene rings is 1. The molecule has 0 saturated carbocycles. The molecule has 1 aromatic rings. The number of rotatable bonds is 8. The van der Waals surface area contributed by atoms with Crippen LogP contribution in [0, 0.1) is 5.92 Å². The van der Waals surface area contributed by atoms with Crippen LogP contribution in [0.3, 0.4) is 0 Å².